The minimum absolute atomic E-state index is 0.359. The Morgan fingerprint density at radius 3 is 2.67 bits per heavy atom. The van der Waals surface area contributed by atoms with Crippen molar-refractivity contribution in [3.05, 3.63) is 57.8 Å². The molecule has 0 spiro atoms. The molecule has 0 aliphatic rings. The van der Waals surface area contributed by atoms with Crippen LogP contribution in [0.5, 0.6) is 0 Å². The van der Waals surface area contributed by atoms with Crippen molar-refractivity contribution in [2.75, 3.05) is 4.72 Å². The second-order valence-corrected chi connectivity index (χ2v) is 6.86. The van der Waals surface area contributed by atoms with E-state index < -0.39 is 21.4 Å². The zero-order valence-corrected chi connectivity index (χ0v) is 13.3. The summed E-state index contributed by atoms with van der Waals surface area (Å²) in [6, 6.07) is 10.2. The summed E-state index contributed by atoms with van der Waals surface area (Å²) >= 11 is 3.25. The van der Waals surface area contributed by atoms with E-state index in [1.54, 1.807) is 31.2 Å². The molecule has 0 unspecified atom stereocenters. The number of nitriles is 1. The number of rotatable bonds is 3. The highest BCUT2D eigenvalue weighted by molar-refractivity contribution is 9.10. The van der Waals surface area contributed by atoms with E-state index in [1.165, 1.54) is 12.1 Å². The van der Waals surface area contributed by atoms with Gasteiger partial charge in [0.25, 0.3) is 10.0 Å². The summed E-state index contributed by atoms with van der Waals surface area (Å²) in [6.07, 6.45) is 0. The first-order chi connectivity index (χ1) is 9.85. The SMILES string of the molecule is Cc1ccc(Br)cc1NS(=O)(=O)c1cccc(F)c1C#N. The molecule has 0 radical (unpaired) electrons. The summed E-state index contributed by atoms with van der Waals surface area (Å²) in [4.78, 5) is -0.385. The molecule has 0 saturated carbocycles. The van der Waals surface area contributed by atoms with Gasteiger partial charge in [-0.05, 0) is 36.8 Å². The molecule has 0 saturated heterocycles. The first kappa shape index (κ1) is 15.5. The number of nitrogens with one attached hydrogen (secondary N) is 1. The van der Waals surface area contributed by atoms with Crippen LogP contribution in [0.25, 0.3) is 0 Å². The van der Waals surface area contributed by atoms with Gasteiger partial charge in [-0.2, -0.15) is 5.26 Å². The molecular weight excluding hydrogens is 359 g/mol. The Balaban J connectivity index is 2.52. The zero-order chi connectivity index (χ0) is 15.6. The Morgan fingerprint density at radius 1 is 1.29 bits per heavy atom. The van der Waals surface area contributed by atoms with Crippen LogP contribution in [0, 0.1) is 24.1 Å². The van der Waals surface area contributed by atoms with Crippen molar-refractivity contribution in [1.82, 2.24) is 0 Å². The molecule has 2 aromatic rings. The molecule has 2 rings (SSSR count). The van der Waals surface area contributed by atoms with E-state index in [2.05, 4.69) is 20.7 Å². The van der Waals surface area contributed by atoms with Gasteiger partial charge in [0.2, 0.25) is 0 Å². The van der Waals surface area contributed by atoms with Crippen LogP contribution in [0.4, 0.5) is 10.1 Å². The summed E-state index contributed by atoms with van der Waals surface area (Å²) < 4.78 is 41.3. The van der Waals surface area contributed by atoms with E-state index in [-0.39, 0.29) is 4.90 Å². The number of hydrogen-bond donors (Lipinski definition) is 1. The van der Waals surface area contributed by atoms with Crippen molar-refractivity contribution in [3.8, 4) is 6.07 Å². The van der Waals surface area contributed by atoms with Gasteiger partial charge in [0, 0.05) is 4.47 Å². The van der Waals surface area contributed by atoms with Crippen molar-refractivity contribution in [3.63, 3.8) is 0 Å². The first-order valence-electron chi connectivity index (χ1n) is 5.83. The molecule has 21 heavy (non-hydrogen) atoms. The monoisotopic (exact) mass is 368 g/mol. The number of hydrogen-bond acceptors (Lipinski definition) is 3. The Hall–Kier alpha value is -1.91. The molecule has 108 valence electrons. The van der Waals surface area contributed by atoms with Crippen molar-refractivity contribution in [2.45, 2.75) is 11.8 Å². The molecule has 7 heteroatoms. The van der Waals surface area contributed by atoms with Gasteiger partial charge in [0.1, 0.15) is 22.3 Å². The highest BCUT2D eigenvalue weighted by Crippen LogP contribution is 2.25. The van der Waals surface area contributed by atoms with Gasteiger partial charge in [-0.3, -0.25) is 4.72 Å². The lowest BCUT2D eigenvalue weighted by Crippen LogP contribution is -2.15. The fourth-order valence-electron chi connectivity index (χ4n) is 1.74. The number of halogens is 2. The third kappa shape index (κ3) is 3.23. The van der Waals surface area contributed by atoms with Gasteiger partial charge in [0.05, 0.1) is 5.69 Å². The predicted molar refractivity (Wildman–Crippen MR) is 80.8 cm³/mol. The second kappa shape index (κ2) is 5.84. The number of nitrogens with zero attached hydrogens (tertiary/aromatic N) is 1. The molecule has 0 fully saturated rings. The molecule has 0 atom stereocenters. The van der Waals surface area contributed by atoms with E-state index in [1.807, 2.05) is 0 Å². The van der Waals surface area contributed by atoms with Crippen LogP contribution in [0.2, 0.25) is 0 Å². The largest absolute Gasteiger partial charge is 0.279 e. The van der Waals surface area contributed by atoms with E-state index >= 15 is 0 Å². The maximum Gasteiger partial charge on any atom is 0.263 e. The van der Waals surface area contributed by atoms with Crippen molar-refractivity contribution >= 4 is 31.6 Å². The smallest absolute Gasteiger partial charge is 0.263 e. The Kier molecular flexibility index (Phi) is 4.30. The Labute approximate surface area is 130 Å². The summed E-state index contributed by atoms with van der Waals surface area (Å²) in [6.45, 7) is 1.74. The average Bonchev–Trinajstić information content (AvgIpc) is 2.42. The van der Waals surface area contributed by atoms with Crippen LogP contribution in [0.15, 0.2) is 45.8 Å². The number of aryl methyl sites for hydroxylation is 1. The topological polar surface area (TPSA) is 70.0 Å². The van der Waals surface area contributed by atoms with E-state index in [4.69, 9.17) is 5.26 Å². The highest BCUT2D eigenvalue weighted by Gasteiger charge is 2.21. The fourth-order valence-corrected chi connectivity index (χ4v) is 3.39. The molecule has 4 nitrogen and oxygen atoms in total. The molecule has 0 aromatic heterocycles. The van der Waals surface area contributed by atoms with Crippen LogP contribution >= 0.6 is 15.9 Å². The molecule has 1 N–H and O–H groups in total. The van der Waals surface area contributed by atoms with Crippen LogP contribution in [-0.2, 0) is 10.0 Å². The number of benzene rings is 2. The van der Waals surface area contributed by atoms with Crippen molar-refractivity contribution in [2.24, 2.45) is 0 Å². The number of sulfonamides is 1. The van der Waals surface area contributed by atoms with Crippen LogP contribution in [0.3, 0.4) is 0 Å². The fraction of sp³-hybridized carbons (Fsp3) is 0.0714. The van der Waals surface area contributed by atoms with E-state index in [9.17, 15) is 12.8 Å². The molecule has 0 amide bonds. The molecule has 0 aliphatic carbocycles. The van der Waals surface area contributed by atoms with E-state index in [0.29, 0.717) is 15.7 Å². The third-order valence-corrected chi connectivity index (χ3v) is 4.72. The Bertz CT molecular complexity index is 845. The van der Waals surface area contributed by atoms with Gasteiger partial charge in [-0.1, -0.05) is 28.1 Å². The van der Waals surface area contributed by atoms with Gasteiger partial charge in [-0.15, -0.1) is 0 Å². The van der Waals surface area contributed by atoms with Crippen LogP contribution in [0.1, 0.15) is 11.1 Å². The summed E-state index contributed by atoms with van der Waals surface area (Å²) in [5.74, 6) is -0.869. The van der Waals surface area contributed by atoms with Gasteiger partial charge in [0.15, 0.2) is 0 Å². The normalized spacial score (nSPS) is 11.0. The molecular formula is C14H10BrFN2O2S. The van der Waals surface area contributed by atoms with Gasteiger partial charge < -0.3 is 0 Å². The summed E-state index contributed by atoms with van der Waals surface area (Å²) in [7, 11) is -4.05. The molecule has 0 aliphatic heterocycles. The third-order valence-electron chi connectivity index (χ3n) is 2.82. The summed E-state index contributed by atoms with van der Waals surface area (Å²) in [5, 5.41) is 8.94. The second-order valence-electron chi connectivity index (χ2n) is 4.29. The lowest BCUT2D eigenvalue weighted by molar-refractivity contribution is 0.593. The highest BCUT2D eigenvalue weighted by atomic mass is 79.9. The van der Waals surface area contributed by atoms with Crippen molar-refractivity contribution in [1.29, 1.82) is 5.26 Å². The summed E-state index contributed by atoms with van der Waals surface area (Å²) in [5.41, 5.74) is 0.562. The Morgan fingerprint density at radius 2 is 2.00 bits per heavy atom. The minimum atomic E-state index is -4.05. The standard InChI is InChI=1S/C14H10BrFN2O2S/c1-9-5-6-10(15)7-13(9)18-21(19,20)14-4-2-3-12(16)11(14)8-17/h2-7,18H,1H3. The van der Waals surface area contributed by atoms with Gasteiger partial charge >= 0.3 is 0 Å². The predicted octanol–water partition coefficient (Wildman–Crippen LogP) is 3.57. The van der Waals surface area contributed by atoms with Crippen LogP contribution < -0.4 is 4.72 Å². The molecule has 2 aromatic carbocycles. The quantitative estimate of drug-likeness (QED) is 0.899. The first-order valence-corrected chi connectivity index (χ1v) is 8.10. The lowest BCUT2D eigenvalue weighted by atomic mass is 10.2. The zero-order valence-electron chi connectivity index (χ0n) is 10.9. The minimum Gasteiger partial charge on any atom is -0.279 e. The van der Waals surface area contributed by atoms with Crippen molar-refractivity contribution < 1.29 is 12.8 Å². The maximum atomic E-state index is 13.5. The van der Waals surface area contributed by atoms with E-state index in [0.717, 1.165) is 6.07 Å². The van der Waals surface area contributed by atoms with Crippen LogP contribution in [-0.4, -0.2) is 8.42 Å². The molecule has 0 bridgehead atoms. The molecule has 0 heterocycles. The van der Waals surface area contributed by atoms with Gasteiger partial charge in [-0.25, -0.2) is 12.8 Å². The lowest BCUT2D eigenvalue weighted by Gasteiger charge is -2.12. The number of anilines is 1. The maximum absolute atomic E-state index is 13.5. The average molecular weight is 369 g/mol.